The summed E-state index contributed by atoms with van der Waals surface area (Å²) in [5, 5.41) is 0. The molecule has 0 amide bonds. The van der Waals surface area contributed by atoms with Crippen LogP contribution in [0.1, 0.15) is 67.8 Å². The van der Waals surface area contributed by atoms with Gasteiger partial charge in [0.05, 0.1) is 18.8 Å². The first-order chi connectivity index (χ1) is 16.8. The van der Waals surface area contributed by atoms with E-state index in [1.54, 1.807) is 30.3 Å². The lowest BCUT2D eigenvalue weighted by Gasteiger charge is -2.09. The van der Waals surface area contributed by atoms with Gasteiger partial charge in [0, 0.05) is 12.5 Å². The van der Waals surface area contributed by atoms with Crippen LogP contribution in [-0.4, -0.2) is 31.3 Å². The third kappa shape index (κ3) is 12.1. The summed E-state index contributed by atoms with van der Waals surface area (Å²) in [5.74, 6) is -0.285. The number of rotatable bonds is 14. The van der Waals surface area contributed by atoms with Crippen molar-refractivity contribution in [3.63, 3.8) is 0 Å². The summed E-state index contributed by atoms with van der Waals surface area (Å²) in [6, 6.07) is 12.6. The molecule has 35 heavy (non-hydrogen) atoms. The number of esters is 2. The molecule has 2 aromatic rings. The van der Waals surface area contributed by atoms with Crippen molar-refractivity contribution in [2.75, 3.05) is 13.2 Å². The standard InChI is InChI=1S/C27H31F3O5/c1-2-3-4-5-6-19-34-25(31)17-10-21-8-13-24(14-9-21)35-26(32)22-11-15-23(16-12-22)33-20-7-18-27(28,29)30/h8-17H,2-7,18-20H2,1H3. The first kappa shape index (κ1) is 28.0. The molecule has 0 N–H and O–H groups in total. The average molecular weight is 493 g/mol. The number of ether oxygens (including phenoxy) is 3. The highest BCUT2D eigenvalue weighted by molar-refractivity contribution is 5.91. The highest BCUT2D eigenvalue weighted by Gasteiger charge is 2.26. The van der Waals surface area contributed by atoms with Crippen molar-refractivity contribution in [3.8, 4) is 11.5 Å². The van der Waals surface area contributed by atoms with Gasteiger partial charge in [-0.3, -0.25) is 0 Å². The second-order valence-corrected chi connectivity index (χ2v) is 7.97. The van der Waals surface area contributed by atoms with Crippen LogP contribution in [-0.2, 0) is 9.53 Å². The van der Waals surface area contributed by atoms with E-state index in [1.165, 1.54) is 43.2 Å². The molecule has 0 spiro atoms. The fourth-order valence-corrected chi connectivity index (χ4v) is 3.05. The Morgan fingerprint density at radius 3 is 2.14 bits per heavy atom. The second-order valence-electron chi connectivity index (χ2n) is 7.97. The Morgan fingerprint density at radius 1 is 0.829 bits per heavy atom. The third-order valence-corrected chi connectivity index (χ3v) is 4.96. The molecule has 0 bridgehead atoms. The van der Waals surface area contributed by atoms with Crippen LogP contribution in [0.2, 0.25) is 0 Å². The molecule has 0 aliphatic heterocycles. The van der Waals surface area contributed by atoms with Gasteiger partial charge >= 0.3 is 18.1 Å². The SMILES string of the molecule is CCCCCCCOC(=O)C=Cc1ccc(OC(=O)c2ccc(OCCCC(F)(F)F)cc2)cc1. The molecule has 2 aromatic carbocycles. The van der Waals surface area contributed by atoms with Gasteiger partial charge in [-0.05, 0) is 60.9 Å². The summed E-state index contributed by atoms with van der Waals surface area (Å²) in [6.45, 7) is 2.49. The molecule has 5 nitrogen and oxygen atoms in total. The molecule has 8 heteroatoms. The molecule has 0 radical (unpaired) electrons. The highest BCUT2D eigenvalue weighted by Crippen LogP contribution is 2.22. The zero-order chi connectivity index (χ0) is 25.5. The Kier molecular flexibility index (Phi) is 11.9. The Morgan fingerprint density at radius 2 is 1.49 bits per heavy atom. The van der Waals surface area contributed by atoms with Gasteiger partial charge in [0.15, 0.2) is 0 Å². The van der Waals surface area contributed by atoms with Crippen LogP contribution in [0.15, 0.2) is 54.6 Å². The van der Waals surface area contributed by atoms with Crippen LogP contribution in [0.5, 0.6) is 11.5 Å². The molecule has 0 heterocycles. The molecule has 0 atom stereocenters. The average Bonchev–Trinajstić information content (AvgIpc) is 2.83. The van der Waals surface area contributed by atoms with E-state index in [9.17, 15) is 22.8 Å². The Hall–Kier alpha value is -3.29. The lowest BCUT2D eigenvalue weighted by Crippen LogP contribution is -2.10. The lowest BCUT2D eigenvalue weighted by molar-refractivity contribution is -0.138. The molecule has 0 fully saturated rings. The third-order valence-electron chi connectivity index (χ3n) is 4.96. The topological polar surface area (TPSA) is 61.8 Å². The van der Waals surface area contributed by atoms with Gasteiger partial charge in [0.25, 0.3) is 0 Å². The summed E-state index contributed by atoms with van der Waals surface area (Å²) < 4.78 is 52.2. The van der Waals surface area contributed by atoms with Crippen LogP contribution in [0, 0.1) is 0 Å². The number of carbonyl (C=O) groups is 2. The van der Waals surface area contributed by atoms with Crippen LogP contribution >= 0.6 is 0 Å². The van der Waals surface area contributed by atoms with Gasteiger partial charge in [-0.1, -0.05) is 44.7 Å². The summed E-state index contributed by atoms with van der Waals surface area (Å²) in [4.78, 5) is 24.1. The molecule has 0 aromatic heterocycles. The predicted molar refractivity (Wildman–Crippen MR) is 127 cm³/mol. The number of carbonyl (C=O) groups excluding carboxylic acids is 2. The van der Waals surface area contributed by atoms with Crippen molar-refractivity contribution in [3.05, 3.63) is 65.7 Å². The van der Waals surface area contributed by atoms with Crippen molar-refractivity contribution < 1.29 is 37.0 Å². The maximum Gasteiger partial charge on any atom is 0.389 e. The molecular formula is C27H31F3O5. The number of halogens is 3. The minimum absolute atomic E-state index is 0.0686. The van der Waals surface area contributed by atoms with Gasteiger partial charge in [-0.15, -0.1) is 0 Å². The fourth-order valence-electron chi connectivity index (χ4n) is 3.05. The first-order valence-corrected chi connectivity index (χ1v) is 11.7. The number of hydrogen-bond donors (Lipinski definition) is 0. The van der Waals surface area contributed by atoms with Crippen LogP contribution in [0.3, 0.4) is 0 Å². The van der Waals surface area contributed by atoms with Gasteiger partial charge in [0.1, 0.15) is 11.5 Å². The Labute approximate surface area is 203 Å². The largest absolute Gasteiger partial charge is 0.494 e. The van der Waals surface area contributed by atoms with Crippen LogP contribution < -0.4 is 9.47 Å². The normalized spacial score (nSPS) is 11.4. The molecule has 190 valence electrons. The van der Waals surface area contributed by atoms with E-state index in [4.69, 9.17) is 14.2 Å². The number of unbranched alkanes of at least 4 members (excludes halogenated alkanes) is 4. The van der Waals surface area contributed by atoms with E-state index in [0.29, 0.717) is 18.1 Å². The Balaban J connectivity index is 1.74. The maximum absolute atomic E-state index is 12.3. The zero-order valence-electron chi connectivity index (χ0n) is 19.8. The van der Waals surface area contributed by atoms with Crippen molar-refractivity contribution in [1.29, 1.82) is 0 Å². The summed E-state index contributed by atoms with van der Waals surface area (Å²) in [6.07, 6.45) is 3.15. The van der Waals surface area contributed by atoms with E-state index >= 15 is 0 Å². The molecule has 0 saturated heterocycles. The first-order valence-electron chi connectivity index (χ1n) is 11.7. The van der Waals surface area contributed by atoms with E-state index in [2.05, 4.69) is 6.92 Å². The van der Waals surface area contributed by atoms with E-state index < -0.39 is 24.5 Å². The number of benzene rings is 2. The number of hydrogen-bond acceptors (Lipinski definition) is 5. The highest BCUT2D eigenvalue weighted by atomic mass is 19.4. The number of alkyl halides is 3. The van der Waals surface area contributed by atoms with E-state index in [0.717, 1.165) is 24.8 Å². The molecule has 0 aliphatic carbocycles. The molecule has 2 rings (SSSR count). The van der Waals surface area contributed by atoms with Crippen LogP contribution in [0.4, 0.5) is 13.2 Å². The fraction of sp³-hybridized carbons (Fsp3) is 0.407. The van der Waals surface area contributed by atoms with Gasteiger partial charge in [-0.2, -0.15) is 13.2 Å². The summed E-state index contributed by atoms with van der Waals surface area (Å²) in [7, 11) is 0. The maximum atomic E-state index is 12.3. The van der Waals surface area contributed by atoms with Crippen molar-refractivity contribution >= 4 is 18.0 Å². The smallest absolute Gasteiger partial charge is 0.389 e. The van der Waals surface area contributed by atoms with Crippen molar-refractivity contribution in [1.82, 2.24) is 0 Å². The summed E-state index contributed by atoms with van der Waals surface area (Å²) in [5.41, 5.74) is 1.02. The lowest BCUT2D eigenvalue weighted by atomic mass is 10.2. The van der Waals surface area contributed by atoms with E-state index in [-0.39, 0.29) is 18.6 Å². The Bertz CT molecular complexity index is 935. The predicted octanol–water partition coefficient (Wildman–Crippen LogP) is 7.15. The minimum Gasteiger partial charge on any atom is -0.494 e. The monoisotopic (exact) mass is 492 g/mol. The van der Waals surface area contributed by atoms with Gasteiger partial charge in [0.2, 0.25) is 0 Å². The van der Waals surface area contributed by atoms with Gasteiger partial charge in [-0.25, -0.2) is 9.59 Å². The molecule has 0 unspecified atom stereocenters. The zero-order valence-corrected chi connectivity index (χ0v) is 19.8. The van der Waals surface area contributed by atoms with E-state index in [1.807, 2.05) is 0 Å². The second kappa shape index (κ2) is 14.9. The summed E-state index contributed by atoms with van der Waals surface area (Å²) >= 11 is 0. The van der Waals surface area contributed by atoms with Crippen LogP contribution in [0.25, 0.3) is 6.08 Å². The molecular weight excluding hydrogens is 461 g/mol. The quantitative estimate of drug-likeness (QED) is 0.121. The van der Waals surface area contributed by atoms with Gasteiger partial charge < -0.3 is 14.2 Å². The minimum atomic E-state index is -4.20. The molecule has 0 aliphatic rings. The van der Waals surface area contributed by atoms with Crippen molar-refractivity contribution in [2.24, 2.45) is 0 Å². The molecule has 0 saturated carbocycles. The van der Waals surface area contributed by atoms with Crippen molar-refractivity contribution in [2.45, 2.75) is 58.0 Å².